The predicted molar refractivity (Wildman–Crippen MR) is 73.7 cm³/mol. The average Bonchev–Trinajstić information content (AvgIpc) is 2.40. The molecule has 1 heterocycles. The van der Waals surface area contributed by atoms with Gasteiger partial charge in [-0.1, -0.05) is 19.3 Å². The standard InChI is InChI=1S/C15H22N2O2/c18-15(19)12-17(10-13-4-2-1-3-5-13)11-14-6-8-16-9-7-14/h6-9,13H,1-5,10-12H2,(H,18,19). The lowest BCUT2D eigenvalue weighted by Gasteiger charge is -2.28. The molecule has 1 fully saturated rings. The first kappa shape index (κ1) is 14.0. The Morgan fingerprint density at radius 1 is 1.26 bits per heavy atom. The number of carboxylic acids is 1. The lowest BCUT2D eigenvalue weighted by Crippen LogP contribution is -2.34. The minimum absolute atomic E-state index is 0.124. The van der Waals surface area contributed by atoms with Crippen molar-refractivity contribution in [1.29, 1.82) is 0 Å². The molecule has 0 aliphatic heterocycles. The fourth-order valence-corrected chi connectivity index (χ4v) is 2.86. The van der Waals surface area contributed by atoms with Gasteiger partial charge >= 0.3 is 5.97 Å². The zero-order valence-electron chi connectivity index (χ0n) is 11.3. The molecule has 0 amide bonds. The Labute approximate surface area is 114 Å². The van der Waals surface area contributed by atoms with E-state index in [4.69, 9.17) is 5.11 Å². The Bertz CT molecular complexity index is 388. The topological polar surface area (TPSA) is 53.4 Å². The van der Waals surface area contributed by atoms with E-state index >= 15 is 0 Å². The fourth-order valence-electron chi connectivity index (χ4n) is 2.86. The number of hydrogen-bond acceptors (Lipinski definition) is 3. The van der Waals surface area contributed by atoms with Gasteiger partial charge in [-0.25, -0.2) is 0 Å². The predicted octanol–water partition coefficient (Wildman–Crippen LogP) is 2.55. The van der Waals surface area contributed by atoms with E-state index in [1.807, 2.05) is 17.0 Å². The molecule has 4 heteroatoms. The van der Waals surface area contributed by atoms with Crippen LogP contribution in [0.25, 0.3) is 0 Å². The molecule has 1 aliphatic carbocycles. The third-order valence-electron chi connectivity index (χ3n) is 3.76. The summed E-state index contributed by atoms with van der Waals surface area (Å²) in [5.74, 6) is -0.0835. The van der Waals surface area contributed by atoms with E-state index in [1.165, 1.54) is 32.1 Å². The molecule has 1 aromatic heterocycles. The molecule has 0 radical (unpaired) electrons. The smallest absolute Gasteiger partial charge is 0.317 e. The number of aliphatic carboxylic acids is 1. The number of nitrogens with zero attached hydrogens (tertiary/aromatic N) is 2. The third-order valence-corrected chi connectivity index (χ3v) is 3.76. The van der Waals surface area contributed by atoms with Gasteiger partial charge < -0.3 is 5.11 Å². The highest BCUT2D eigenvalue weighted by atomic mass is 16.4. The second kappa shape index (κ2) is 7.24. The summed E-state index contributed by atoms with van der Waals surface area (Å²) < 4.78 is 0. The molecule has 1 N–H and O–H groups in total. The largest absolute Gasteiger partial charge is 0.480 e. The fraction of sp³-hybridized carbons (Fsp3) is 0.600. The Hall–Kier alpha value is -1.42. The van der Waals surface area contributed by atoms with E-state index < -0.39 is 5.97 Å². The number of aromatic nitrogens is 1. The van der Waals surface area contributed by atoms with Crippen LogP contribution in [0.4, 0.5) is 0 Å². The van der Waals surface area contributed by atoms with Crippen LogP contribution < -0.4 is 0 Å². The van der Waals surface area contributed by atoms with Crippen LogP contribution >= 0.6 is 0 Å². The molecule has 0 spiro atoms. The third kappa shape index (κ3) is 4.99. The minimum atomic E-state index is -0.745. The van der Waals surface area contributed by atoms with Crippen LogP contribution in [-0.4, -0.2) is 34.0 Å². The highest BCUT2D eigenvalue weighted by Crippen LogP contribution is 2.24. The molecule has 2 rings (SSSR count). The van der Waals surface area contributed by atoms with Crippen molar-refractivity contribution in [3.8, 4) is 0 Å². The number of hydrogen-bond donors (Lipinski definition) is 1. The van der Waals surface area contributed by atoms with Crippen LogP contribution in [0, 0.1) is 5.92 Å². The van der Waals surface area contributed by atoms with Gasteiger partial charge in [-0.05, 0) is 36.5 Å². The molecule has 0 saturated heterocycles. The van der Waals surface area contributed by atoms with Crippen LogP contribution in [0.15, 0.2) is 24.5 Å². The quantitative estimate of drug-likeness (QED) is 0.856. The Balaban J connectivity index is 1.92. The molecule has 1 aliphatic rings. The van der Waals surface area contributed by atoms with Crippen LogP contribution in [0.3, 0.4) is 0 Å². The van der Waals surface area contributed by atoms with E-state index in [-0.39, 0.29) is 6.54 Å². The van der Waals surface area contributed by atoms with Crippen molar-refractivity contribution in [2.45, 2.75) is 38.6 Å². The van der Waals surface area contributed by atoms with Crippen molar-refractivity contribution in [3.63, 3.8) is 0 Å². The Kier molecular flexibility index (Phi) is 5.33. The molecule has 0 aromatic carbocycles. The zero-order chi connectivity index (χ0) is 13.5. The van der Waals surface area contributed by atoms with E-state index in [9.17, 15) is 4.79 Å². The molecule has 4 nitrogen and oxygen atoms in total. The average molecular weight is 262 g/mol. The molecule has 0 atom stereocenters. The molecule has 1 aromatic rings. The molecule has 19 heavy (non-hydrogen) atoms. The van der Waals surface area contributed by atoms with Gasteiger partial charge in [-0.2, -0.15) is 0 Å². The minimum Gasteiger partial charge on any atom is -0.480 e. The number of rotatable bonds is 6. The maximum absolute atomic E-state index is 11.0. The lowest BCUT2D eigenvalue weighted by atomic mass is 9.89. The van der Waals surface area contributed by atoms with Crippen molar-refractivity contribution in [2.75, 3.05) is 13.1 Å². The first-order chi connectivity index (χ1) is 9.24. The Morgan fingerprint density at radius 3 is 2.58 bits per heavy atom. The van der Waals surface area contributed by atoms with Gasteiger partial charge in [0.2, 0.25) is 0 Å². The van der Waals surface area contributed by atoms with Gasteiger partial charge in [0.1, 0.15) is 0 Å². The summed E-state index contributed by atoms with van der Waals surface area (Å²) >= 11 is 0. The maximum Gasteiger partial charge on any atom is 0.317 e. The highest BCUT2D eigenvalue weighted by molar-refractivity contribution is 5.69. The number of carboxylic acid groups (broad SMARTS) is 1. The molecule has 1 saturated carbocycles. The monoisotopic (exact) mass is 262 g/mol. The van der Waals surface area contributed by atoms with Gasteiger partial charge in [0, 0.05) is 25.5 Å². The van der Waals surface area contributed by atoms with Crippen molar-refractivity contribution in [2.24, 2.45) is 5.92 Å². The van der Waals surface area contributed by atoms with E-state index in [2.05, 4.69) is 4.98 Å². The van der Waals surface area contributed by atoms with Crippen LogP contribution in [0.1, 0.15) is 37.7 Å². The van der Waals surface area contributed by atoms with Gasteiger partial charge in [-0.3, -0.25) is 14.7 Å². The zero-order valence-corrected chi connectivity index (χ0v) is 11.3. The van der Waals surface area contributed by atoms with Crippen LogP contribution in [0.2, 0.25) is 0 Å². The van der Waals surface area contributed by atoms with Crippen molar-refractivity contribution < 1.29 is 9.90 Å². The molecule has 0 unspecified atom stereocenters. The second-order valence-electron chi connectivity index (χ2n) is 5.42. The van der Waals surface area contributed by atoms with Gasteiger partial charge in [-0.15, -0.1) is 0 Å². The van der Waals surface area contributed by atoms with Gasteiger partial charge in [0.15, 0.2) is 0 Å². The summed E-state index contributed by atoms with van der Waals surface area (Å²) in [7, 11) is 0. The normalized spacial score (nSPS) is 16.7. The Morgan fingerprint density at radius 2 is 1.95 bits per heavy atom. The lowest BCUT2D eigenvalue weighted by molar-refractivity contribution is -0.138. The van der Waals surface area contributed by atoms with Crippen LogP contribution in [-0.2, 0) is 11.3 Å². The molecular formula is C15H22N2O2. The van der Waals surface area contributed by atoms with E-state index in [0.717, 1.165) is 12.1 Å². The number of carbonyl (C=O) groups is 1. The summed E-state index contributed by atoms with van der Waals surface area (Å²) in [4.78, 5) is 17.0. The highest BCUT2D eigenvalue weighted by Gasteiger charge is 2.19. The van der Waals surface area contributed by atoms with E-state index in [1.54, 1.807) is 12.4 Å². The van der Waals surface area contributed by atoms with Crippen molar-refractivity contribution in [1.82, 2.24) is 9.88 Å². The summed E-state index contributed by atoms with van der Waals surface area (Å²) in [5.41, 5.74) is 1.13. The molecule has 0 bridgehead atoms. The maximum atomic E-state index is 11.0. The second-order valence-corrected chi connectivity index (χ2v) is 5.42. The molecule has 104 valence electrons. The first-order valence-electron chi connectivity index (χ1n) is 7.07. The van der Waals surface area contributed by atoms with Gasteiger partial charge in [0.25, 0.3) is 0 Å². The van der Waals surface area contributed by atoms with Gasteiger partial charge in [0.05, 0.1) is 6.54 Å². The van der Waals surface area contributed by atoms with Crippen LogP contribution in [0.5, 0.6) is 0 Å². The van der Waals surface area contributed by atoms with Crippen molar-refractivity contribution in [3.05, 3.63) is 30.1 Å². The summed E-state index contributed by atoms with van der Waals surface area (Å²) in [5, 5.41) is 9.04. The number of pyridine rings is 1. The van der Waals surface area contributed by atoms with E-state index in [0.29, 0.717) is 12.5 Å². The summed E-state index contributed by atoms with van der Waals surface area (Å²) in [6, 6.07) is 3.91. The first-order valence-corrected chi connectivity index (χ1v) is 7.07. The molecular weight excluding hydrogens is 240 g/mol. The SMILES string of the molecule is O=C(O)CN(Cc1ccncc1)CC1CCCCC1. The van der Waals surface area contributed by atoms with Crippen molar-refractivity contribution >= 4 is 5.97 Å². The summed E-state index contributed by atoms with van der Waals surface area (Å²) in [6.07, 6.45) is 9.92. The summed E-state index contributed by atoms with van der Waals surface area (Å²) in [6.45, 7) is 1.72.